The monoisotopic (exact) mass is 502 g/mol. The Kier molecular flexibility index (Phi) is 7.55. The summed E-state index contributed by atoms with van der Waals surface area (Å²) in [5, 5.41) is 22.6. The van der Waals surface area contributed by atoms with Gasteiger partial charge in [-0.15, -0.1) is 0 Å². The molecule has 4 aromatic rings. The zero-order chi connectivity index (χ0) is 25.8. The summed E-state index contributed by atoms with van der Waals surface area (Å²) in [7, 11) is 0. The Balaban J connectivity index is 1.43. The lowest BCUT2D eigenvalue weighted by molar-refractivity contribution is 0.189. The van der Waals surface area contributed by atoms with Gasteiger partial charge in [0.05, 0.1) is 36.0 Å². The number of aryl methyl sites for hydroxylation is 1. The van der Waals surface area contributed by atoms with Crippen LogP contribution in [0.1, 0.15) is 11.1 Å². The fourth-order valence-electron chi connectivity index (χ4n) is 5.06. The third kappa shape index (κ3) is 5.53. The number of fused-ring (bicyclic) bond motifs is 1. The average Bonchev–Trinajstić information content (AvgIpc) is 3.34. The first-order valence-corrected chi connectivity index (χ1v) is 12.8. The topological polar surface area (TPSA) is 121 Å². The molecule has 194 valence electrons. The third-order valence-electron chi connectivity index (χ3n) is 7.02. The van der Waals surface area contributed by atoms with Crippen molar-refractivity contribution in [1.82, 2.24) is 19.9 Å². The molecule has 1 aliphatic heterocycles. The molecule has 1 atom stereocenters. The van der Waals surface area contributed by atoms with E-state index in [1.54, 1.807) is 6.20 Å². The maximum absolute atomic E-state index is 13.0. The van der Waals surface area contributed by atoms with Crippen molar-refractivity contribution in [2.24, 2.45) is 0 Å². The van der Waals surface area contributed by atoms with Crippen molar-refractivity contribution >= 4 is 22.4 Å². The molecule has 37 heavy (non-hydrogen) atoms. The summed E-state index contributed by atoms with van der Waals surface area (Å²) in [4.78, 5) is 28.6. The van der Waals surface area contributed by atoms with Gasteiger partial charge in [0.2, 0.25) is 0 Å². The molecule has 5 rings (SSSR count). The number of piperazine rings is 1. The van der Waals surface area contributed by atoms with E-state index in [1.807, 2.05) is 43.3 Å². The van der Waals surface area contributed by atoms with Gasteiger partial charge in [0, 0.05) is 44.6 Å². The van der Waals surface area contributed by atoms with Gasteiger partial charge in [-0.2, -0.15) is 0 Å². The van der Waals surface area contributed by atoms with Crippen LogP contribution >= 0.6 is 0 Å². The molecule has 0 amide bonds. The van der Waals surface area contributed by atoms with Crippen LogP contribution in [0.2, 0.25) is 0 Å². The quantitative estimate of drug-likeness (QED) is 0.238. The summed E-state index contributed by atoms with van der Waals surface area (Å²) in [6.07, 6.45) is 2.23. The lowest BCUT2D eigenvalue weighted by Crippen LogP contribution is -2.47. The number of pyridine rings is 1. The maximum atomic E-state index is 13.0. The molecule has 3 heterocycles. The molecule has 0 saturated carbocycles. The number of rotatable bonds is 9. The highest BCUT2D eigenvalue weighted by molar-refractivity contribution is 5.87. The Hall–Kier alpha value is -3.66. The number of β-amino-alcohol motifs (C(OH)–C–C–N with tert-alkyl or cyclic N) is 1. The number of imidazole rings is 1. The van der Waals surface area contributed by atoms with Gasteiger partial charge in [0.1, 0.15) is 11.4 Å². The first kappa shape index (κ1) is 25.0. The van der Waals surface area contributed by atoms with E-state index in [0.717, 1.165) is 54.0 Å². The Bertz CT molecular complexity index is 1390. The van der Waals surface area contributed by atoms with Crippen molar-refractivity contribution in [2.75, 3.05) is 56.2 Å². The number of nitrogens with zero attached hydrogens (tertiary/aromatic N) is 3. The van der Waals surface area contributed by atoms with Gasteiger partial charge >= 0.3 is 0 Å². The molecule has 0 bridgehead atoms. The van der Waals surface area contributed by atoms with Crippen molar-refractivity contribution < 1.29 is 10.2 Å². The van der Waals surface area contributed by atoms with Crippen molar-refractivity contribution in [3.8, 4) is 11.4 Å². The van der Waals surface area contributed by atoms with Crippen molar-refractivity contribution in [3.63, 3.8) is 0 Å². The summed E-state index contributed by atoms with van der Waals surface area (Å²) < 4.78 is 0. The smallest absolute Gasteiger partial charge is 0.261 e. The molecule has 5 N–H and O–H groups in total. The summed E-state index contributed by atoms with van der Waals surface area (Å²) in [5.41, 5.74) is 5.75. The van der Waals surface area contributed by atoms with Gasteiger partial charge in [-0.1, -0.05) is 30.3 Å². The summed E-state index contributed by atoms with van der Waals surface area (Å²) in [6, 6.07) is 15.7. The number of aromatic nitrogens is 3. The maximum Gasteiger partial charge on any atom is 0.261 e. The lowest BCUT2D eigenvalue weighted by atomic mass is 10.1. The van der Waals surface area contributed by atoms with Crippen LogP contribution in [-0.2, 0) is 6.42 Å². The van der Waals surface area contributed by atoms with Gasteiger partial charge in [-0.05, 0) is 42.7 Å². The van der Waals surface area contributed by atoms with Crippen molar-refractivity contribution in [3.05, 3.63) is 76.2 Å². The van der Waals surface area contributed by atoms with Crippen LogP contribution in [0.25, 0.3) is 22.4 Å². The molecule has 0 unspecified atom stereocenters. The first-order chi connectivity index (χ1) is 18.1. The number of anilines is 2. The Labute approximate surface area is 215 Å². The molecule has 1 aliphatic rings. The highest BCUT2D eigenvalue weighted by Crippen LogP contribution is 2.30. The molecule has 0 aliphatic carbocycles. The number of hydrogen-bond acceptors (Lipinski definition) is 7. The second-order valence-corrected chi connectivity index (χ2v) is 9.61. The molecule has 2 aromatic heterocycles. The normalized spacial score (nSPS) is 15.3. The molecule has 1 saturated heterocycles. The molecular weight excluding hydrogens is 468 g/mol. The highest BCUT2D eigenvalue weighted by Gasteiger charge is 2.21. The van der Waals surface area contributed by atoms with E-state index in [1.165, 1.54) is 0 Å². The third-order valence-corrected chi connectivity index (χ3v) is 7.02. The summed E-state index contributed by atoms with van der Waals surface area (Å²) in [5.74, 6) is 0.490. The highest BCUT2D eigenvalue weighted by atomic mass is 16.3. The largest absolute Gasteiger partial charge is 0.395 e. The minimum atomic E-state index is -0.259. The lowest BCUT2D eigenvalue weighted by Gasteiger charge is -2.35. The van der Waals surface area contributed by atoms with E-state index in [9.17, 15) is 15.0 Å². The number of nitrogens with one attached hydrogen (secondary N) is 3. The van der Waals surface area contributed by atoms with E-state index in [4.69, 9.17) is 4.98 Å². The zero-order valence-corrected chi connectivity index (χ0v) is 21.1. The molecular formula is C28H34N6O3. The minimum Gasteiger partial charge on any atom is -0.395 e. The van der Waals surface area contributed by atoms with Gasteiger partial charge in [-0.3, -0.25) is 9.69 Å². The summed E-state index contributed by atoms with van der Waals surface area (Å²) >= 11 is 0. The number of H-pyrrole nitrogens is 2. The summed E-state index contributed by atoms with van der Waals surface area (Å²) in [6.45, 7) is 6.46. The standard InChI is InChI=1S/C28H34N6O3/c1-19-15-22(34-11-9-33(10-12-34)13-14-35)17-24-26(19)32-27(31-24)25-23(7-8-29-28(25)37)30-21(18-36)16-20-5-3-2-4-6-20/h2-8,15,17,21,35-36H,9-14,16,18H2,1H3,(H,31,32)(H2,29,30,37)/t21-/m0/s1. The van der Waals surface area contributed by atoms with E-state index in [-0.39, 0.29) is 24.8 Å². The fourth-order valence-corrected chi connectivity index (χ4v) is 5.06. The van der Waals surface area contributed by atoms with Gasteiger partial charge in [0.15, 0.2) is 0 Å². The van der Waals surface area contributed by atoms with E-state index in [0.29, 0.717) is 30.0 Å². The molecule has 0 radical (unpaired) electrons. The molecule has 0 spiro atoms. The zero-order valence-electron chi connectivity index (χ0n) is 21.1. The predicted octanol–water partition coefficient (Wildman–Crippen LogP) is 2.36. The van der Waals surface area contributed by atoms with Crippen molar-refractivity contribution in [1.29, 1.82) is 0 Å². The number of aliphatic hydroxyl groups is 2. The number of aliphatic hydroxyl groups excluding tert-OH is 2. The van der Waals surface area contributed by atoms with Crippen LogP contribution in [0.5, 0.6) is 0 Å². The van der Waals surface area contributed by atoms with E-state index >= 15 is 0 Å². The van der Waals surface area contributed by atoms with Crippen LogP contribution in [0, 0.1) is 6.92 Å². The van der Waals surface area contributed by atoms with Crippen LogP contribution in [0.3, 0.4) is 0 Å². The fraction of sp³-hybridized carbons (Fsp3) is 0.357. The number of benzene rings is 2. The van der Waals surface area contributed by atoms with Crippen molar-refractivity contribution in [2.45, 2.75) is 19.4 Å². The Morgan fingerprint density at radius 3 is 2.59 bits per heavy atom. The van der Waals surface area contributed by atoms with Crippen LogP contribution in [0.4, 0.5) is 11.4 Å². The number of hydrogen-bond donors (Lipinski definition) is 5. The average molecular weight is 503 g/mol. The van der Waals surface area contributed by atoms with Crippen LogP contribution in [0.15, 0.2) is 59.5 Å². The molecule has 1 fully saturated rings. The SMILES string of the molecule is Cc1cc(N2CCN(CCO)CC2)cc2[nH]c(-c3c(N[C@H](CO)Cc4ccccc4)cc[nH]c3=O)nc12. The second kappa shape index (κ2) is 11.2. The molecule has 9 nitrogen and oxygen atoms in total. The van der Waals surface area contributed by atoms with Gasteiger partial charge in [0.25, 0.3) is 5.56 Å². The van der Waals surface area contributed by atoms with E-state index < -0.39 is 0 Å². The van der Waals surface area contributed by atoms with Crippen LogP contribution in [-0.4, -0.2) is 82.0 Å². The Morgan fingerprint density at radius 1 is 1.08 bits per heavy atom. The minimum absolute atomic E-state index is 0.0741. The van der Waals surface area contributed by atoms with Gasteiger partial charge in [-0.25, -0.2) is 4.98 Å². The predicted molar refractivity (Wildman–Crippen MR) is 147 cm³/mol. The molecule has 9 heteroatoms. The van der Waals surface area contributed by atoms with Crippen LogP contribution < -0.4 is 15.8 Å². The Morgan fingerprint density at radius 2 is 1.86 bits per heavy atom. The molecule has 2 aromatic carbocycles. The first-order valence-electron chi connectivity index (χ1n) is 12.8. The van der Waals surface area contributed by atoms with E-state index in [2.05, 4.69) is 37.2 Å². The van der Waals surface area contributed by atoms with Gasteiger partial charge < -0.3 is 30.4 Å². The number of aromatic amines is 2. The second-order valence-electron chi connectivity index (χ2n) is 9.61.